The highest BCUT2D eigenvalue weighted by molar-refractivity contribution is 6.06. The number of aliphatic hydroxyl groups is 1. The number of carbonyl (C=O) groups excluding carboxylic acids is 2. The van der Waals surface area contributed by atoms with Gasteiger partial charge in [-0.05, 0) is 55.9 Å². The Bertz CT molecular complexity index is 1050. The fourth-order valence-corrected chi connectivity index (χ4v) is 4.97. The zero-order valence-electron chi connectivity index (χ0n) is 19.4. The van der Waals surface area contributed by atoms with Crippen LogP contribution in [-0.2, 0) is 24.3 Å². The molecule has 7 nitrogen and oxygen atoms in total. The van der Waals surface area contributed by atoms with Crippen LogP contribution in [0.3, 0.4) is 0 Å². The molecule has 3 amide bonds. The van der Waals surface area contributed by atoms with Gasteiger partial charge >= 0.3 is 6.03 Å². The summed E-state index contributed by atoms with van der Waals surface area (Å²) in [5, 5.41) is 10.8. The number of β-amino-alcohol motifs (C(OH)–C–C–N with tert-alkyl or cyclic N) is 1. The van der Waals surface area contributed by atoms with Crippen molar-refractivity contribution in [3.8, 4) is 0 Å². The van der Waals surface area contributed by atoms with Gasteiger partial charge in [0.25, 0.3) is 5.91 Å². The molecule has 33 heavy (non-hydrogen) atoms. The lowest BCUT2D eigenvalue weighted by atomic mass is 9.99. The first-order valence-corrected chi connectivity index (χ1v) is 11.9. The molecule has 174 valence electrons. The van der Waals surface area contributed by atoms with E-state index >= 15 is 0 Å². The van der Waals surface area contributed by atoms with Gasteiger partial charge in [0.05, 0.1) is 19.2 Å². The van der Waals surface area contributed by atoms with E-state index in [2.05, 4.69) is 28.1 Å². The normalized spacial score (nSPS) is 21.4. The van der Waals surface area contributed by atoms with Gasteiger partial charge in [0.2, 0.25) is 0 Å². The quantitative estimate of drug-likeness (QED) is 0.659. The Labute approximate surface area is 195 Å². The lowest BCUT2D eigenvalue weighted by Crippen LogP contribution is -2.50. The highest BCUT2D eigenvalue weighted by atomic mass is 16.3. The van der Waals surface area contributed by atoms with Crippen LogP contribution in [0.4, 0.5) is 4.79 Å². The minimum absolute atomic E-state index is 0.130. The Balaban J connectivity index is 1.22. The molecule has 1 aromatic carbocycles. The van der Waals surface area contributed by atoms with E-state index < -0.39 is 11.6 Å². The molecule has 1 aliphatic carbocycles. The predicted molar refractivity (Wildman–Crippen MR) is 124 cm³/mol. The number of amides is 3. The maximum Gasteiger partial charge on any atom is 0.328 e. The van der Waals surface area contributed by atoms with Crippen molar-refractivity contribution >= 4 is 11.9 Å². The van der Waals surface area contributed by atoms with Crippen LogP contribution in [0, 0.1) is 0 Å². The third kappa shape index (κ3) is 4.39. The number of hydrogen-bond donors (Lipinski definition) is 1. The summed E-state index contributed by atoms with van der Waals surface area (Å²) in [6, 6.07) is 12.0. The number of urea groups is 1. The Morgan fingerprint density at radius 3 is 2.55 bits per heavy atom. The molecular formula is C26H32N4O3. The highest BCUT2D eigenvalue weighted by Crippen LogP contribution is 2.39. The lowest BCUT2D eigenvalue weighted by Gasteiger charge is -2.33. The van der Waals surface area contributed by atoms with Crippen molar-refractivity contribution in [2.24, 2.45) is 0 Å². The summed E-state index contributed by atoms with van der Waals surface area (Å²) in [5.41, 5.74) is 3.58. The zero-order chi connectivity index (χ0) is 23.2. The second-order valence-corrected chi connectivity index (χ2v) is 10.1. The first-order valence-electron chi connectivity index (χ1n) is 11.9. The number of rotatable bonds is 7. The molecule has 3 aliphatic rings. The van der Waals surface area contributed by atoms with Crippen LogP contribution in [-0.4, -0.2) is 68.0 Å². The van der Waals surface area contributed by atoms with Crippen molar-refractivity contribution in [3.05, 3.63) is 65.0 Å². The molecule has 3 heterocycles. The Hall–Kier alpha value is -2.77. The average Bonchev–Trinajstić information content (AvgIpc) is 3.64. The van der Waals surface area contributed by atoms with E-state index in [1.54, 1.807) is 20.0 Å². The predicted octanol–water partition coefficient (Wildman–Crippen LogP) is 2.92. The summed E-state index contributed by atoms with van der Waals surface area (Å²) in [7, 11) is 0. The maximum atomic E-state index is 13.2. The molecule has 5 rings (SSSR count). The number of nitrogens with zero attached hydrogens (tertiary/aromatic N) is 4. The molecule has 7 heteroatoms. The van der Waals surface area contributed by atoms with Gasteiger partial charge in [-0.1, -0.05) is 30.3 Å². The van der Waals surface area contributed by atoms with Gasteiger partial charge in [0.15, 0.2) is 0 Å². The number of aromatic nitrogens is 1. The van der Waals surface area contributed by atoms with Crippen LogP contribution in [0.2, 0.25) is 0 Å². The summed E-state index contributed by atoms with van der Waals surface area (Å²) in [4.78, 5) is 35.8. The average molecular weight is 449 g/mol. The van der Waals surface area contributed by atoms with Gasteiger partial charge in [0, 0.05) is 37.4 Å². The maximum absolute atomic E-state index is 13.2. The fourth-order valence-electron chi connectivity index (χ4n) is 4.97. The molecule has 2 aliphatic heterocycles. The lowest BCUT2D eigenvalue weighted by molar-refractivity contribution is -0.132. The number of fused-ring (bicyclic) bond motifs is 1. The van der Waals surface area contributed by atoms with E-state index in [-0.39, 0.29) is 25.0 Å². The smallest absolute Gasteiger partial charge is 0.328 e. The van der Waals surface area contributed by atoms with Crippen LogP contribution in [0.25, 0.3) is 0 Å². The third-order valence-corrected chi connectivity index (χ3v) is 7.16. The van der Waals surface area contributed by atoms with Crippen molar-refractivity contribution < 1.29 is 14.7 Å². The Morgan fingerprint density at radius 1 is 1.09 bits per heavy atom. The number of benzene rings is 1. The van der Waals surface area contributed by atoms with Crippen LogP contribution >= 0.6 is 0 Å². The molecule has 1 saturated carbocycles. The van der Waals surface area contributed by atoms with Crippen molar-refractivity contribution in [3.63, 3.8) is 0 Å². The minimum atomic E-state index is -0.992. The van der Waals surface area contributed by atoms with Crippen molar-refractivity contribution in [2.75, 3.05) is 19.6 Å². The van der Waals surface area contributed by atoms with Crippen LogP contribution < -0.4 is 0 Å². The summed E-state index contributed by atoms with van der Waals surface area (Å²) in [6.45, 7) is 5.98. The molecule has 1 aromatic heterocycles. The van der Waals surface area contributed by atoms with Gasteiger partial charge in [-0.3, -0.25) is 19.6 Å². The van der Waals surface area contributed by atoms with Crippen LogP contribution in [0.1, 0.15) is 55.0 Å². The number of aliphatic hydroxyl groups excluding tert-OH is 1. The van der Waals surface area contributed by atoms with E-state index in [0.29, 0.717) is 12.5 Å². The molecular weight excluding hydrogens is 416 g/mol. The topological polar surface area (TPSA) is 77.0 Å². The highest BCUT2D eigenvalue weighted by Gasteiger charge is 2.51. The molecule has 0 bridgehead atoms. The number of imide groups is 1. The first kappa shape index (κ1) is 22.0. The van der Waals surface area contributed by atoms with Gasteiger partial charge in [-0.2, -0.15) is 0 Å². The summed E-state index contributed by atoms with van der Waals surface area (Å²) < 4.78 is 0. The molecule has 2 aromatic rings. The molecule has 0 radical (unpaired) electrons. The summed E-state index contributed by atoms with van der Waals surface area (Å²) >= 11 is 0. The molecule has 1 saturated heterocycles. The minimum Gasteiger partial charge on any atom is -0.390 e. The van der Waals surface area contributed by atoms with Gasteiger partial charge < -0.3 is 10.0 Å². The molecule has 0 spiro atoms. The van der Waals surface area contributed by atoms with Gasteiger partial charge in [-0.25, -0.2) is 4.79 Å². The van der Waals surface area contributed by atoms with Gasteiger partial charge in [-0.15, -0.1) is 0 Å². The zero-order valence-corrected chi connectivity index (χ0v) is 19.4. The molecule has 2 fully saturated rings. The standard InChI is InChI=1S/C26H32N4O3/c1-26(2)24(32)29(14-18-7-10-23(27-13-18)20-8-9-20)25(33)30(26)17-22(31)16-28-12-11-19-5-3-4-6-21(19)15-28/h3-7,10,13,20,22,31H,8-9,11-12,14-17H2,1-2H3. The van der Waals surface area contributed by atoms with Crippen molar-refractivity contribution in [1.29, 1.82) is 0 Å². The van der Waals surface area contributed by atoms with E-state index in [1.807, 2.05) is 18.2 Å². The molecule has 1 atom stereocenters. The van der Waals surface area contributed by atoms with E-state index in [0.717, 1.165) is 30.8 Å². The van der Waals surface area contributed by atoms with Crippen molar-refractivity contribution in [1.82, 2.24) is 19.7 Å². The van der Waals surface area contributed by atoms with E-state index in [9.17, 15) is 14.7 Å². The summed E-state index contributed by atoms with van der Waals surface area (Å²) in [6.07, 6.45) is 4.37. The second-order valence-electron chi connectivity index (χ2n) is 10.1. The van der Waals surface area contributed by atoms with E-state index in [4.69, 9.17) is 0 Å². The van der Waals surface area contributed by atoms with Crippen molar-refractivity contribution in [2.45, 2.75) is 63.8 Å². The number of carbonyl (C=O) groups is 2. The third-order valence-electron chi connectivity index (χ3n) is 7.16. The molecule has 1 unspecified atom stereocenters. The fraction of sp³-hybridized carbons (Fsp3) is 0.500. The van der Waals surface area contributed by atoms with Crippen LogP contribution in [0.15, 0.2) is 42.6 Å². The number of hydrogen-bond acceptors (Lipinski definition) is 5. The Morgan fingerprint density at radius 2 is 1.85 bits per heavy atom. The van der Waals surface area contributed by atoms with Crippen LogP contribution in [0.5, 0.6) is 0 Å². The SMILES string of the molecule is CC1(C)C(=O)N(Cc2ccc(C3CC3)nc2)C(=O)N1CC(O)CN1CCc2ccccc2C1. The first-order chi connectivity index (χ1) is 15.8. The van der Waals surface area contributed by atoms with Gasteiger partial charge in [0.1, 0.15) is 5.54 Å². The second kappa shape index (κ2) is 8.54. The Kier molecular flexibility index (Phi) is 5.70. The largest absolute Gasteiger partial charge is 0.390 e. The monoisotopic (exact) mass is 448 g/mol. The summed E-state index contributed by atoms with van der Waals surface area (Å²) in [5.74, 6) is 0.330. The molecule has 1 N–H and O–H groups in total. The number of pyridine rings is 1. The van der Waals surface area contributed by atoms with E-state index in [1.165, 1.54) is 33.8 Å².